The van der Waals surface area contributed by atoms with Gasteiger partial charge in [-0.3, -0.25) is 0 Å². The molecule has 0 atom stereocenters. The third-order valence-corrected chi connectivity index (χ3v) is 5.89. The number of hydrogen-bond donors (Lipinski definition) is 0. The summed E-state index contributed by atoms with van der Waals surface area (Å²) in [6, 6.07) is 6.94. The van der Waals surface area contributed by atoms with Crippen molar-refractivity contribution in [1.29, 1.82) is 5.26 Å². The van der Waals surface area contributed by atoms with Crippen LogP contribution < -0.4 is 0 Å². The second-order valence-electron chi connectivity index (χ2n) is 4.74. The first-order chi connectivity index (χ1) is 9.28. The molecule has 4 nitrogen and oxygen atoms in total. The number of hydrogen-bond acceptors (Lipinski definition) is 3. The molecule has 7 heteroatoms. The van der Waals surface area contributed by atoms with E-state index in [0.717, 1.165) is 4.47 Å². The lowest BCUT2D eigenvalue weighted by atomic mass is 10.2. The van der Waals surface area contributed by atoms with E-state index in [9.17, 15) is 8.42 Å². The van der Waals surface area contributed by atoms with Crippen LogP contribution in [0.15, 0.2) is 32.0 Å². The lowest BCUT2D eigenvalue weighted by Crippen LogP contribution is -2.35. The summed E-state index contributed by atoms with van der Waals surface area (Å²) in [5, 5.41) is 8.69. The Morgan fingerprint density at radius 1 is 1.35 bits per heavy atom. The summed E-state index contributed by atoms with van der Waals surface area (Å²) >= 11 is 6.59. The van der Waals surface area contributed by atoms with E-state index in [-0.39, 0.29) is 23.8 Å². The second kappa shape index (κ2) is 7.55. The summed E-state index contributed by atoms with van der Waals surface area (Å²) in [5.41, 5.74) is 0. The van der Waals surface area contributed by atoms with E-state index in [2.05, 4.69) is 31.9 Å². The number of sulfonamides is 1. The van der Waals surface area contributed by atoms with Crippen molar-refractivity contribution < 1.29 is 8.42 Å². The highest BCUT2D eigenvalue weighted by atomic mass is 79.9. The molecular formula is C13H16Br2N2O2S. The summed E-state index contributed by atoms with van der Waals surface area (Å²) in [4.78, 5) is 0.222. The van der Waals surface area contributed by atoms with E-state index in [4.69, 9.17) is 5.26 Å². The van der Waals surface area contributed by atoms with E-state index in [1.54, 1.807) is 18.2 Å². The van der Waals surface area contributed by atoms with Gasteiger partial charge in [0.2, 0.25) is 10.0 Å². The van der Waals surface area contributed by atoms with E-state index in [1.165, 1.54) is 4.31 Å². The molecule has 0 heterocycles. The van der Waals surface area contributed by atoms with Crippen LogP contribution in [-0.4, -0.2) is 25.8 Å². The average molecular weight is 424 g/mol. The lowest BCUT2D eigenvalue weighted by molar-refractivity contribution is 0.372. The molecule has 0 spiro atoms. The highest BCUT2D eigenvalue weighted by Crippen LogP contribution is 2.28. The number of rotatable bonds is 6. The van der Waals surface area contributed by atoms with Crippen molar-refractivity contribution in [3.05, 3.63) is 27.1 Å². The maximum atomic E-state index is 12.7. The molecule has 0 aliphatic rings. The van der Waals surface area contributed by atoms with Gasteiger partial charge in [0.25, 0.3) is 0 Å². The Morgan fingerprint density at radius 2 is 2.00 bits per heavy atom. The molecule has 0 saturated carbocycles. The molecule has 0 saturated heterocycles. The standard InChI is InChI=1S/C13H16Br2N2O2S/c1-10(2)9-17(7-3-6-16)20(18,19)13-5-4-11(14)8-12(13)15/h4-5,8,10H,3,7,9H2,1-2H3. The second-order valence-corrected chi connectivity index (χ2v) is 8.42. The first kappa shape index (κ1) is 17.6. The predicted molar refractivity (Wildman–Crippen MR) is 85.7 cm³/mol. The first-order valence-corrected chi connectivity index (χ1v) is 9.13. The van der Waals surface area contributed by atoms with Crippen molar-refractivity contribution >= 4 is 41.9 Å². The van der Waals surface area contributed by atoms with E-state index < -0.39 is 10.0 Å². The van der Waals surface area contributed by atoms with Crippen LogP contribution in [0.3, 0.4) is 0 Å². The molecule has 110 valence electrons. The molecule has 0 aliphatic carbocycles. The fourth-order valence-corrected chi connectivity index (χ4v) is 5.03. The molecule has 1 aromatic carbocycles. The predicted octanol–water partition coefficient (Wildman–Crippen LogP) is 3.77. The molecule has 0 aromatic heterocycles. The molecule has 0 unspecified atom stereocenters. The molecule has 1 aromatic rings. The summed E-state index contributed by atoms with van der Waals surface area (Å²) in [5.74, 6) is 0.192. The van der Waals surface area contributed by atoms with E-state index in [1.807, 2.05) is 19.9 Å². The fourth-order valence-electron chi connectivity index (χ4n) is 1.72. The summed E-state index contributed by atoms with van der Waals surface area (Å²) < 4.78 is 28.0. The summed E-state index contributed by atoms with van der Waals surface area (Å²) in [6.07, 6.45) is 0.181. The normalized spacial score (nSPS) is 11.8. The van der Waals surface area contributed by atoms with Crippen LogP contribution in [0.4, 0.5) is 0 Å². The largest absolute Gasteiger partial charge is 0.244 e. The Hall–Kier alpha value is -0.420. The zero-order valence-electron chi connectivity index (χ0n) is 11.3. The van der Waals surface area contributed by atoms with Crippen LogP contribution in [0.1, 0.15) is 20.3 Å². The number of nitrogens with zero attached hydrogens (tertiary/aromatic N) is 2. The van der Waals surface area contributed by atoms with Gasteiger partial charge in [-0.05, 0) is 40.0 Å². The Balaban J connectivity index is 3.18. The van der Waals surface area contributed by atoms with Gasteiger partial charge in [0, 0.05) is 28.5 Å². The van der Waals surface area contributed by atoms with Crippen LogP contribution in [0, 0.1) is 17.2 Å². The Kier molecular flexibility index (Phi) is 6.65. The Morgan fingerprint density at radius 3 is 2.50 bits per heavy atom. The maximum Gasteiger partial charge on any atom is 0.244 e. The van der Waals surface area contributed by atoms with Gasteiger partial charge in [0.1, 0.15) is 0 Å². The lowest BCUT2D eigenvalue weighted by Gasteiger charge is -2.23. The molecule has 1 rings (SSSR count). The maximum absolute atomic E-state index is 12.7. The number of benzene rings is 1. The van der Waals surface area contributed by atoms with Crippen LogP contribution in [-0.2, 0) is 10.0 Å². The van der Waals surface area contributed by atoms with Gasteiger partial charge in [0.15, 0.2) is 0 Å². The quantitative estimate of drug-likeness (QED) is 0.699. The minimum atomic E-state index is -3.60. The van der Waals surface area contributed by atoms with Crippen LogP contribution in [0.2, 0.25) is 0 Å². The van der Waals surface area contributed by atoms with Crippen molar-refractivity contribution in [3.63, 3.8) is 0 Å². The average Bonchev–Trinajstić information content (AvgIpc) is 2.33. The summed E-state index contributed by atoms with van der Waals surface area (Å²) in [6.45, 7) is 4.50. The van der Waals surface area contributed by atoms with Gasteiger partial charge in [-0.1, -0.05) is 29.8 Å². The highest BCUT2D eigenvalue weighted by Gasteiger charge is 2.26. The number of nitriles is 1. The van der Waals surface area contributed by atoms with Crippen molar-refractivity contribution in [2.45, 2.75) is 25.2 Å². The van der Waals surface area contributed by atoms with Gasteiger partial charge in [0.05, 0.1) is 11.0 Å². The van der Waals surface area contributed by atoms with Gasteiger partial charge in [-0.15, -0.1) is 0 Å². The monoisotopic (exact) mass is 422 g/mol. The fraction of sp³-hybridized carbons (Fsp3) is 0.462. The first-order valence-electron chi connectivity index (χ1n) is 6.11. The van der Waals surface area contributed by atoms with Gasteiger partial charge < -0.3 is 0 Å². The van der Waals surface area contributed by atoms with E-state index >= 15 is 0 Å². The minimum absolute atomic E-state index is 0.181. The zero-order chi connectivity index (χ0) is 15.3. The molecular weight excluding hydrogens is 408 g/mol. The van der Waals surface area contributed by atoms with Crippen LogP contribution >= 0.6 is 31.9 Å². The molecule has 0 aliphatic heterocycles. The van der Waals surface area contributed by atoms with Crippen molar-refractivity contribution in [1.82, 2.24) is 4.31 Å². The SMILES string of the molecule is CC(C)CN(CCC#N)S(=O)(=O)c1ccc(Br)cc1Br. The molecule has 20 heavy (non-hydrogen) atoms. The summed E-state index contributed by atoms with van der Waals surface area (Å²) in [7, 11) is -3.60. The van der Waals surface area contributed by atoms with Gasteiger partial charge in [-0.2, -0.15) is 9.57 Å². The van der Waals surface area contributed by atoms with Crippen molar-refractivity contribution in [2.24, 2.45) is 5.92 Å². The molecule has 0 fully saturated rings. The van der Waals surface area contributed by atoms with Crippen molar-refractivity contribution in [2.75, 3.05) is 13.1 Å². The molecule has 0 radical (unpaired) electrons. The minimum Gasteiger partial charge on any atom is -0.207 e. The Labute approximate surface area is 137 Å². The molecule has 0 amide bonds. The topological polar surface area (TPSA) is 61.2 Å². The third-order valence-electron chi connectivity index (χ3n) is 2.55. The van der Waals surface area contributed by atoms with Crippen LogP contribution in [0.5, 0.6) is 0 Å². The smallest absolute Gasteiger partial charge is 0.207 e. The highest BCUT2D eigenvalue weighted by molar-refractivity contribution is 9.11. The Bertz CT molecular complexity index is 609. The zero-order valence-corrected chi connectivity index (χ0v) is 15.3. The molecule has 0 N–H and O–H groups in total. The molecule has 0 bridgehead atoms. The van der Waals surface area contributed by atoms with E-state index in [0.29, 0.717) is 11.0 Å². The number of halogens is 2. The van der Waals surface area contributed by atoms with Gasteiger partial charge in [-0.25, -0.2) is 8.42 Å². The van der Waals surface area contributed by atoms with Crippen molar-refractivity contribution in [3.8, 4) is 6.07 Å². The van der Waals surface area contributed by atoms with Crippen LogP contribution in [0.25, 0.3) is 0 Å². The third kappa shape index (κ3) is 4.55. The van der Waals surface area contributed by atoms with Gasteiger partial charge >= 0.3 is 0 Å².